The van der Waals surface area contributed by atoms with Crippen molar-refractivity contribution in [2.45, 2.75) is 43.9 Å². The molecule has 2 saturated heterocycles. The average Bonchev–Trinajstić information content (AvgIpc) is 3.46. The van der Waals surface area contributed by atoms with Crippen LogP contribution < -0.4 is 5.32 Å². The summed E-state index contributed by atoms with van der Waals surface area (Å²) in [5.41, 5.74) is 0.522. The second kappa shape index (κ2) is 11.3. The van der Waals surface area contributed by atoms with Crippen LogP contribution in [-0.4, -0.2) is 67.3 Å². The van der Waals surface area contributed by atoms with Crippen molar-refractivity contribution in [1.29, 1.82) is 0 Å². The van der Waals surface area contributed by atoms with Crippen molar-refractivity contribution in [2.24, 2.45) is 5.92 Å². The van der Waals surface area contributed by atoms with Gasteiger partial charge in [0.25, 0.3) is 0 Å². The van der Waals surface area contributed by atoms with E-state index in [9.17, 15) is 22.4 Å². The lowest BCUT2D eigenvalue weighted by Crippen LogP contribution is -2.43. The zero-order valence-corrected chi connectivity index (χ0v) is 21.1. The first-order chi connectivity index (χ1) is 17.3. The molecule has 0 spiro atoms. The van der Waals surface area contributed by atoms with Crippen LogP contribution in [0.3, 0.4) is 0 Å². The van der Waals surface area contributed by atoms with Crippen LogP contribution in [0.25, 0.3) is 12.2 Å². The van der Waals surface area contributed by atoms with Crippen molar-refractivity contribution in [3.63, 3.8) is 0 Å². The van der Waals surface area contributed by atoms with Crippen LogP contribution in [0.5, 0.6) is 0 Å². The molecule has 2 fully saturated rings. The Labute approximate surface area is 210 Å². The van der Waals surface area contributed by atoms with Crippen LogP contribution in [0, 0.1) is 18.7 Å². The van der Waals surface area contributed by atoms with E-state index in [0.717, 1.165) is 13.0 Å². The molecule has 9 nitrogen and oxygen atoms in total. The summed E-state index contributed by atoms with van der Waals surface area (Å²) in [5.74, 6) is -0.585. The van der Waals surface area contributed by atoms with E-state index >= 15 is 0 Å². The molecule has 2 amide bonds. The molecule has 2 aliphatic rings. The largest absolute Gasteiger partial charge is 0.356 e. The lowest BCUT2D eigenvalue weighted by molar-refractivity contribution is -0.127. The van der Waals surface area contributed by atoms with Crippen LogP contribution in [0.2, 0.25) is 0 Å². The molecule has 36 heavy (non-hydrogen) atoms. The number of hydrogen-bond acceptors (Lipinski definition) is 6. The summed E-state index contributed by atoms with van der Waals surface area (Å²) in [5, 5.41) is 6.73. The maximum atomic E-state index is 13.9. The van der Waals surface area contributed by atoms with Crippen LogP contribution in [0.1, 0.15) is 49.1 Å². The third kappa shape index (κ3) is 5.84. The highest BCUT2D eigenvalue weighted by atomic mass is 32.2. The van der Waals surface area contributed by atoms with E-state index in [1.807, 2.05) is 4.90 Å². The zero-order chi connectivity index (χ0) is 25.7. The number of rotatable bonds is 9. The number of hydrogen-bond donors (Lipinski definition) is 1. The standard InChI is InChI=1S/C25H31FN4O5S/c1-18-24(22(35-28-18)10-9-19-6-2-3-7-21(19)26)36(33,34)30-16-11-20(12-17-30)25(32)27-13-5-15-29-14-4-8-23(29)31/h2-3,6-7,9-10,20H,4-5,8,11-17H2,1H3,(H,27,32)/b10-9+. The third-order valence-electron chi connectivity index (χ3n) is 6.65. The molecular weight excluding hydrogens is 487 g/mol. The average molecular weight is 519 g/mol. The first-order valence-electron chi connectivity index (χ1n) is 12.2. The number of amides is 2. The van der Waals surface area contributed by atoms with E-state index in [0.29, 0.717) is 44.3 Å². The number of aryl methyl sites for hydroxylation is 1. The second-order valence-electron chi connectivity index (χ2n) is 9.12. The summed E-state index contributed by atoms with van der Waals surface area (Å²) in [6.45, 7) is 3.85. The highest BCUT2D eigenvalue weighted by Gasteiger charge is 2.35. The molecule has 11 heteroatoms. The lowest BCUT2D eigenvalue weighted by atomic mass is 9.97. The summed E-state index contributed by atoms with van der Waals surface area (Å²) in [6, 6.07) is 6.14. The minimum absolute atomic E-state index is 0.0344. The van der Waals surface area contributed by atoms with Crippen molar-refractivity contribution in [3.8, 4) is 0 Å². The minimum atomic E-state index is -3.92. The molecule has 194 valence electrons. The third-order valence-corrected chi connectivity index (χ3v) is 8.71. The van der Waals surface area contributed by atoms with Crippen molar-refractivity contribution >= 4 is 34.0 Å². The van der Waals surface area contributed by atoms with Gasteiger partial charge in [-0.1, -0.05) is 23.4 Å². The fourth-order valence-electron chi connectivity index (χ4n) is 4.63. The molecular formula is C25H31FN4O5S. The summed E-state index contributed by atoms with van der Waals surface area (Å²) in [6.07, 6.45) is 5.85. The molecule has 0 bridgehead atoms. The predicted octanol–water partition coefficient (Wildman–Crippen LogP) is 2.82. The summed E-state index contributed by atoms with van der Waals surface area (Å²) < 4.78 is 47.3. The maximum absolute atomic E-state index is 13.9. The molecule has 0 radical (unpaired) electrons. The Kier molecular flexibility index (Phi) is 8.20. The van der Waals surface area contributed by atoms with E-state index < -0.39 is 15.8 Å². The summed E-state index contributed by atoms with van der Waals surface area (Å²) in [4.78, 5) is 26.0. The number of benzene rings is 1. The summed E-state index contributed by atoms with van der Waals surface area (Å²) in [7, 11) is -3.92. The fourth-order valence-corrected chi connectivity index (χ4v) is 6.35. The van der Waals surface area contributed by atoms with E-state index in [1.165, 1.54) is 22.5 Å². The zero-order valence-electron chi connectivity index (χ0n) is 20.3. The van der Waals surface area contributed by atoms with Crippen molar-refractivity contribution in [1.82, 2.24) is 19.7 Å². The van der Waals surface area contributed by atoms with Gasteiger partial charge in [-0.05, 0) is 50.8 Å². The molecule has 2 aromatic rings. The SMILES string of the molecule is Cc1noc(/C=C/c2ccccc2F)c1S(=O)(=O)N1CCC(C(=O)NCCCN2CCCC2=O)CC1. The molecule has 4 rings (SSSR count). The molecule has 2 aliphatic heterocycles. The van der Waals surface area contributed by atoms with E-state index in [4.69, 9.17) is 4.52 Å². The molecule has 1 N–H and O–H groups in total. The Balaban J connectivity index is 1.32. The Hall–Kier alpha value is -3.05. The first kappa shape index (κ1) is 26.0. The number of carbonyl (C=O) groups is 2. The number of likely N-dealkylation sites (tertiary alicyclic amines) is 1. The molecule has 1 aromatic carbocycles. The van der Waals surface area contributed by atoms with Gasteiger partial charge in [0.1, 0.15) is 11.5 Å². The topological polar surface area (TPSA) is 113 Å². The molecule has 0 saturated carbocycles. The van der Waals surface area contributed by atoms with Crippen molar-refractivity contribution in [2.75, 3.05) is 32.7 Å². The summed E-state index contributed by atoms with van der Waals surface area (Å²) >= 11 is 0. The minimum Gasteiger partial charge on any atom is -0.356 e. The number of nitrogens with zero attached hydrogens (tertiary/aromatic N) is 3. The number of piperidine rings is 1. The van der Waals surface area contributed by atoms with Gasteiger partial charge in [0, 0.05) is 50.6 Å². The predicted molar refractivity (Wildman–Crippen MR) is 131 cm³/mol. The monoisotopic (exact) mass is 518 g/mol. The van der Waals surface area contributed by atoms with Gasteiger partial charge in [-0.15, -0.1) is 0 Å². The highest BCUT2D eigenvalue weighted by Crippen LogP contribution is 2.29. The number of sulfonamides is 1. The van der Waals surface area contributed by atoms with Gasteiger partial charge in [-0.3, -0.25) is 9.59 Å². The van der Waals surface area contributed by atoms with E-state index in [1.54, 1.807) is 25.1 Å². The molecule has 0 aliphatic carbocycles. The van der Waals surface area contributed by atoms with E-state index in [-0.39, 0.29) is 47.2 Å². The number of halogens is 1. The fraction of sp³-hybridized carbons (Fsp3) is 0.480. The van der Waals surface area contributed by atoms with Gasteiger partial charge < -0.3 is 14.7 Å². The van der Waals surface area contributed by atoms with Gasteiger partial charge in [0.2, 0.25) is 21.8 Å². The molecule has 0 atom stereocenters. The molecule has 3 heterocycles. The first-order valence-corrected chi connectivity index (χ1v) is 13.7. The van der Waals surface area contributed by atoms with Gasteiger partial charge in [0.15, 0.2) is 10.7 Å². The Bertz CT molecular complexity index is 1230. The van der Waals surface area contributed by atoms with Gasteiger partial charge >= 0.3 is 0 Å². The highest BCUT2D eigenvalue weighted by molar-refractivity contribution is 7.89. The van der Waals surface area contributed by atoms with E-state index in [2.05, 4.69) is 10.5 Å². The van der Waals surface area contributed by atoms with Gasteiger partial charge in [-0.2, -0.15) is 4.31 Å². The Morgan fingerprint density at radius 3 is 2.67 bits per heavy atom. The number of aromatic nitrogens is 1. The quantitative estimate of drug-likeness (QED) is 0.511. The number of carbonyl (C=O) groups excluding carboxylic acids is 2. The van der Waals surface area contributed by atoms with Crippen LogP contribution in [0.4, 0.5) is 4.39 Å². The Morgan fingerprint density at radius 2 is 1.97 bits per heavy atom. The second-order valence-corrected chi connectivity index (χ2v) is 11.0. The van der Waals surface area contributed by atoms with Crippen LogP contribution >= 0.6 is 0 Å². The van der Waals surface area contributed by atoms with Crippen LogP contribution in [-0.2, 0) is 19.6 Å². The lowest BCUT2D eigenvalue weighted by Gasteiger charge is -2.30. The van der Waals surface area contributed by atoms with Crippen LogP contribution in [0.15, 0.2) is 33.7 Å². The Morgan fingerprint density at radius 1 is 1.22 bits per heavy atom. The number of nitrogens with one attached hydrogen (secondary N) is 1. The van der Waals surface area contributed by atoms with Crippen molar-refractivity contribution < 1.29 is 26.9 Å². The van der Waals surface area contributed by atoms with Crippen molar-refractivity contribution in [3.05, 3.63) is 47.1 Å². The van der Waals surface area contributed by atoms with Gasteiger partial charge in [-0.25, -0.2) is 12.8 Å². The molecule has 1 aromatic heterocycles. The smallest absolute Gasteiger partial charge is 0.248 e. The normalized spacial score (nSPS) is 17.8. The maximum Gasteiger partial charge on any atom is 0.248 e. The van der Waals surface area contributed by atoms with Gasteiger partial charge in [0.05, 0.1) is 0 Å². The molecule has 0 unspecified atom stereocenters.